The van der Waals surface area contributed by atoms with Gasteiger partial charge in [-0.05, 0) is 39.2 Å². The van der Waals surface area contributed by atoms with Crippen molar-refractivity contribution in [3.8, 4) is 0 Å². The van der Waals surface area contributed by atoms with Gasteiger partial charge in [0.1, 0.15) is 5.69 Å². The number of unbranched alkanes of at least 4 members (excludes halogenated alkanes) is 18. The van der Waals surface area contributed by atoms with Crippen molar-refractivity contribution in [1.82, 2.24) is 4.57 Å². The predicted octanol–water partition coefficient (Wildman–Crippen LogP) is 11.2. The third-order valence-electron chi connectivity index (χ3n) is 8.79. The second kappa shape index (κ2) is 24.6. The van der Waals surface area contributed by atoms with Gasteiger partial charge in [0.15, 0.2) is 5.78 Å². The van der Waals surface area contributed by atoms with Crippen LogP contribution >= 0.6 is 0 Å². The summed E-state index contributed by atoms with van der Waals surface area (Å²) in [6.07, 6.45) is 25.0. The number of fused-ring (bicyclic) bond motifs is 1. The summed E-state index contributed by atoms with van der Waals surface area (Å²) in [6.45, 7) is 7.25. The Morgan fingerprint density at radius 2 is 1.07 bits per heavy atom. The van der Waals surface area contributed by atoms with Crippen LogP contribution in [0.3, 0.4) is 0 Å². The lowest BCUT2D eigenvalue weighted by Crippen LogP contribution is -2.16. The lowest BCUT2D eigenvalue weighted by molar-refractivity contribution is -0.143. The summed E-state index contributed by atoms with van der Waals surface area (Å²) >= 11 is 0. The van der Waals surface area contributed by atoms with Gasteiger partial charge >= 0.3 is 11.9 Å². The molecule has 0 radical (unpaired) electrons. The van der Waals surface area contributed by atoms with Crippen LogP contribution in [0.2, 0.25) is 0 Å². The smallest absolute Gasteiger partial charge is 0.355 e. The third kappa shape index (κ3) is 15.0. The molecule has 254 valence electrons. The van der Waals surface area contributed by atoms with E-state index in [1.54, 1.807) is 6.92 Å². The summed E-state index contributed by atoms with van der Waals surface area (Å²) in [6, 6.07) is 7.87. The number of esters is 2. The van der Waals surface area contributed by atoms with Crippen LogP contribution in [0.1, 0.15) is 183 Å². The maximum atomic E-state index is 13.6. The van der Waals surface area contributed by atoms with Gasteiger partial charge in [0, 0.05) is 30.3 Å². The summed E-state index contributed by atoms with van der Waals surface area (Å²) in [5, 5.41) is 0.848. The highest BCUT2D eigenvalue weighted by molar-refractivity contribution is 6.15. The molecule has 6 nitrogen and oxygen atoms in total. The number of nitrogens with zero attached hydrogens (tertiary/aromatic N) is 1. The largest absolute Gasteiger partial charge is 0.466 e. The Hall–Kier alpha value is -2.63. The zero-order valence-corrected chi connectivity index (χ0v) is 29.0. The molecular weight excluding hydrogens is 562 g/mol. The SMILES string of the molecule is CCCCCCCCCCCCCCCCCC(=O)c1c(C(=O)OCC)n(CCCCCCCC(=O)OCC)c2ccccc12. The van der Waals surface area contributed by atoms with E-state index in [1.807, 2.05) is 35.8 Å². The van der Waals surface area contributed by atoms with Crippen molar-refractivity contribution in [2.75, 3.05) is 13.2 Å². The Kier molecular flexibility index (Phi) is 21.1. The van der Waals surface area contributed by atoms with Gasteiger partial charge in [0.2, 0.25) is 0 Å². The number of ether oxygens (including phenoxy) is 2. The highest BCUT2D eigenvalue weighted by atomic mass is 16.5. The quantitative estimate of drug-likeness (QED) is 0.0534. The second-order valence-electron chi connectivity index (χ2n) is 12.6. The van der Waals surface area contributed by atoms with Crippen molar-refractivity contribution in [2.45, 2.75) is 169 Å². The predicted molar refractivity (Wildman–Crippen MR) is 186 cm³/mol. The number of aromatic nitrogens is 1. The first-order valence-electron chi connectivity index (χ1n) is 18.5. The Morgan fingerprint density at radius 1 is 0.578 bits per heavy atom. The monoisotopic (exact) mass is 625 g/mol. The summed E-state index contributed by atoms with van der Waals surface area (Å²) in [5.74, 6) is -0.499. The van der Waals surface area contributed by atoms with Crippen LogP contribution in [-0.4, -0.2) is 35.5 Å². The Bertz CT molecular complexity index is 1100. The van der Waals surface area contributed by atoms with Gasteiger partial charge in [-0.3, -0.25) is 9.59 Å². The zero-order valence-electron chi connectivity index (χ0n) is 29.0. The molecule has 2 rings (SSSR count). The van der Waals surface area contributed by atoms with Crippen LogP contribution in [0.15, 0.2) is 24.3 Å². The number of carbonyl (C=O) groups is 3. The number of ketones is 1. The number of para-hydroxylation sites is 1. The third-order valence-corrected chi connectivity index (χ3v) is 8.79. The molecule has 0 aliphatic heterocycles. The van der Waals surface area contributed by atoms with Crippen molar-refractivity contribution < 1.29 is 23.9 Å². The van der Waals surface area contributed by atoms with E-state index in [-0.39, 0.29) is 18.4 Å². The minimum Gasteiger partial charge on any atom is -0.466 e. The first kappa shape index (κ1) is 38.6. The fraction of sp³-hybridized carbons (Fsp3) is 0.718. The maximum Gasteiger partial charge on any atom is 0.355 e. The Labute approximate surface area is 274 Å². The molecule has 0 spiro atoms. The lowest BCUT2D eigenvalue weighted by Gasteiger charge is -2.11. The number of aryl methyl sites for hydroxylation is 1. The van der Waals surface area contributed by atoms with Gasteiger partial charge in [-0.1, -0.05) is 134 Å². The van der Waals surface area contributed by atoms with Crippen LogP contribution in [-0.2, 0) is 20.8 Å². The van der Waals surface area contributed by atoms with E-state index < -0.39 is 5.97 Å². The summed E-state index contributed by atoms with van der Waals surface area (Å²) < 4.78 is 12.5. The van der Waals surface area contributed by atoms with Gasteiger partial charge in [-0.2, -0.15) is 0 Å². The van der Waals surface area contributed by atoms with Crippen molar-refractivity contribution in [1.29, 1.82) is 0 Å². The molecule has 1 aromatic carbocycles. The molecule has 0 bridgehead atoms. The topological polar surface area (TPSA) is 74.6 Å². The highest BCUT2D eigenvalue weighted by Crippen LogP contribution is 2.30. The van der Waals surface area contributed by atoms with Crippen LogP contribution in [0.4, 0.5) is 0 Å². The average molecular weight is 626 g/mol. The molecule has 1 heterocycles. The minimum absolute atomic E-state index is 0.0432. The first-order valence-corrected chi connectivity index (χ1v) is 18.5. The highest BCUT2D eigenvalue weighted by Gasteiger charge is 2.27. The van der Waals surface area contributed by atoms with Crippen LogP contribution < -0.4 is 0 Å². The fourth-order valence-electron chi connectivity index (χ4n) is 6.31. The normalized spacial score (nSPS) is 11.3. The molecular formula is C39H63NO5. The summed E-state index contributed by atoms with van der Waals surface area (Å²) in [7, 11) is 0. The standard InChI is InChI=1S/C39H63NO5/c1-4-7-8-9-10-11-12-13-14-15-16-17-18-20-23-30-35(41)37-33-28-25-26-29-34(33)40(38(37)39(43)45-6-3)32-27-22-19-21-24-31-36(42)44-5-2/h25-26,28-29H,4-24,27,30-32H2,1-3H3. The van der Waals surface area contributed by atoms with E-state index in [4.69, 9.17) is 9.47 Å². The maximum absolute atomic E-state index is 13.6. The van der Waals surface area contributed by atoms with Crippen molar-refractivity contribution >= 4 is 28.6 Å². The van der Waals surface area contributed by atoms with E-state index in [1.165, 1.54) is 77.0 Å². The van der Waals surface area contributed by atoms with Gasteiger partial charge in [0.05, 0.1) is 18.8 Å². The average Bonchev–Trinajstić information content (AvgIpc) is 3.37. The van der Waals surface area contributed by atoms with Crippen molar-refractivity contribution in [3.05, 3.63) is 35.5 Å². The van der Waals surface area contributed by atoms with Crippen molar-refractivity contribution in [2.24, 2.45) is 0 Å². The lowest BCUT2D eigenvalue weighted by atomic mass is 10.00. The summed E-state index contributed by atoms with van der Waals surface area (Å²) in [4.78, 5) is 38.4. The molecule has 0 aliphatic carbocycles. The molecule has 0 unspecified atom stereocenters. The molecule has 6 heteroatoms. The molecule has 0 amide bonds. The number of benzene rings is 1. The Morgan fingerprint density at radius 3 is 1.62 bits per heavy atom. The number of Topliss-reactive ketones (excluding diaryl/α,β-unsaturated/α-hetero) is 1. The molecule has 0 aliphatic rings. The molecule has 0 fully saturated rings. The number of hydrogen-bond acceptors (Lipinski definition) is 5. The summed E-state index contributed by atoms with van der Waals surface area (Å²) in [5.41, 5.74) is 1.86. The van der Waals surface area contributed by atoms with Crippen molar-refractivity contribution in [3.63, 3.8) is 0 Å². The molecule has 0 saturated heterocycles. The minimum atomic E-state index is -0.414. The van der Waals surface area contributed by atoms with E-state index in [2.05, 4.69) is 6.92 Å². The fourth-order valence-corrected chi connectivity index (χ4v) is 6.31. The number of carbonyl (C=O) groups excluding carboxylic acids is 3. The zero-order chi connectivity index (χ0) is 32.5. The van der Waals surface area contributed by atoms with Gasteiger partial charge in [0.25, 0.3) is 0 Å². The Balaban J connectivity index is 1.81. The van der Waals surface area contributed by atoms with E-state index in [0.717, 1.165) is 62.3 Å². The van der Waals surface area contributed by atoms with Crippen LogP contribution in [0.25, 0.3) is 10.9 Å². The van der Waals surface area contributed by atoms with Crippen LogP contribution in [0, 0.1) is 0 Å². The number of rotatable bonds is 28. The number of hydrogen-bond donors (Lipinski definition) is 0. The van der Waals surface area contributed by atoms with E-state index in [0.29, 0.717) is 37.3 Å². The molecule has 45 heavy (non-hydrogen) atoms. The molecule has 1 aromatic heterocycles. The van der Waals surface area contributed by atoms with Gasteiger partial charge in [-0.25, -0.2) is 4.79 Å². The molecule has 0 saturated carbocycles. The second-order valence-corrected chi connectivity index (χ2v) is 12.6. The van der Waals surface area contributed by atoms with Gasteiger partial charge < -0.3 is 14.0 Å². The van der Waals surface area contributed by atoms with E-state index in [9.17, 15) is 14.4 Å². The van der Waals surface area contributed by atoms with Gasteiger partial charge in [-0.15, -0.1) is 0 Å². The van der Waals surface area contributed by atoms with E-state index >= 15 is 0 Å². The first-order chi connectivity index (χ1) is 22.0. The molecule has 0 N–H and O–H groups in total. The molecule has 2 aromatic rings. The van der Waals surface area contributed by atoms with Crippen LogP contribution in [0.5, 0.6) is 0 Å². The molecule has 0 atom stereocenters.